The highest BCUT2D eigenvalue weighted by Gasteiger charge is 2.14. The molecular formula is C12H12Cl2N2. The molecule has 84 valence electrons. The average Bonchev–Trinajstić information content (AvgIpc) is 2.61. The van der Waals surface area contributed by atoms with Crippen molar-refractivity contribution in [1.29, 1.82) is 0 Å². The molecule has 0 spiro atoms. The van der Waals surface area contributed by atoms with E-state index >= 15 is 0 Å². The van der Waals surface area contributed by atoms with Gasteiger partial charge in [0.1, 0.15) is 0 Å². The molecule has 0 aliphatic heterocycles. The topological polar surface area (TPSA) is 17.8 Å². The lowest BCUT2D eigenvalue weighted by Crippen LogP contribution is -2.02. The number of imidazole rings is 1. The van der Waals surface area contributed by atoms with E-state index in [1.165, 1.54) is 0 Å². The Morgan fingerprint density at radius 1 is 1.19 bits per heavy atom. The molecule has 0 unspecified atom stereocenters. The summed E-state index contributed by atoms with van der Waals surface area (Å²) < 4.78 is 1.96. The van der Waals surface area contributed by atoms with Gasteiger partial charge in [-0.2, -0.15) is 0 Å². The molecule has 0 fully saturated rings. The van der Waals surface area contributed by atoms with E-state index in [-0.39, 0.29) is 6.04 Å². The Labute approximate surface area is 105 Å². The zero-order chi connectivity index (χ0) is 11.7. The van der Waals surface area contributed by atoms with Gasteiger partial charge in [0.15, 0.2) is 0 Å². The molecule has 0 atom stereocenters. The highest BCUT2D eigenvalue weighted by Crippen LogP contribution is 2.31. The summed E-state index contributed by atoms with van der Waals surface area (Å²) in [5.74, 6) is 0. The van der Waals surface area contributed by atoms with Crippen LogP contribution in [0.1, 0.15) is 19.9 Å². The molecule has 16 heavy (non-hydrogen) atoms. The van der Waals surface area contributed by atoms with Crippen LogP contribution >= 0.6 is 23.2 Å². The maximum absolute atomic E-state index is 6.16. The fourth-order valence-electron chi connectivity index (χ4n) is 1.70. The molecule has 0 aliphatic rings. The lowest BCUT2D eigenvalue weighted by atomic mass is 10.1. The lowest BCUT2D eigenvalue weighted by Gasteiger charge is -2.13. The summed E-state index contributed by atoms with van der Waals surface area (Å²) >= 11 is 12.2. The highest BCUT2D eigenvalue weighted by molar-refractivity contribution is 6.33. The first-order valence-electron chi connectivity index (χ1n) is 5.09. The first kappa shape index (κ1) is 11.5. The minimum absolute atomic E-state index is 0.251. The molecule has 1 aromatic heterocycles. The molecule has 2 rings (SSSR count). The van der Waals surface area contributed by atoms with Crippen LogP contribution in [-0.4, -0.2) is 9.55 Å². The van der Waals surface area contributed by atoms with Crippen molar-refractivity contribution in [1.82, 2.24) is 9.55 Å². The van der Waals surface area contributed by atoms with Crippen LogP contribution in [0.15, 0.2) is 30.5 Å². The highest BCUT2D eigenvalue weighted by atomic mass is 35.5. The number of hydrogen-bond donors (Lipinski definition) is 0. The van der Waals surface area contributed by atoms with Crippen molar-refractivity contribution in [2.45, 2.75) is 19.9 Å². The lowest BCUT2D eigenvalue weighted by molar-refractivity contribution is 0.606. The zero-order valence-corrected chi connectivity index (χ0v) is 10.6. The Bertz CT molecular complexity index is 503. The SMILES string of the molecule is CC(C)n1c(-c2ccccc2Cl)cnc1Cl. The molecule has 0 bridgehead atoms. The van der Waals surface area contributed by atoms with Gasteiger partial charge in [0.2, 0.25) is 5.28 Å². The average molecular weight is 255 g/mol. The quantitative estimate of drug-likeness (QED) is 0.775. The number of rotatable bonds is 2. The molecule has 0 N–H and O–H groups in total. The van der Waals surface area contributed by atoms with E-state index in [1.54, 1.807) is 6.20 Å². The summed E-state index contributed by atoms with van der Waals surface area (Å²) in [6.07, 6.45) is 1.75. The Hall–Kier alpha value is -0.990. The number of halogens is 2. The second kappa shape index (κ2) is 4.48. The van der Waals surface area contributed by atoms with Gasteiger partial charge in [-0.15, -0.1) is 0 Å². The van der Waals surface area contributed by atoms with Gasteiger partial charge < -0.3 is 4.57 Å². The zero-order valence-electron chi connectivity index (χ0n) is 9.11. The third-order valence-corrected chi connectivity index (χ3v) is 3.03. The molecular weight excluding hydrogens is 243 g/mol. The third kappa shape index (κ3) is 1.95. The standard InChI is InChI=1S/C12H12Cl2N2/c1-8(2)16-11(7-15-12(16)14)9-5-3-4-6-10(9)13/h3-8H,1-2H3. The third-order valence-electron chi connectivity index (χ3n) is 2.42. The van der Waals surface area contributed by atoms with Gasteiger partial charge in [0.25, 0.3) is 0 Å². The monoisotopic (exact) mass is 254 g/mol. The second-order valence-corrected chi connectivity index (χ2v) is 4.60. The van der Waals surface area contributed by atoms with E-state index in [0.29, 0.717) is 10.3 Å². The molecule has 0 radical (unpaired) electrons. The van der Waals surface area contributed by atoms with Gasteiger partial charge in [-0.25, -0.2) is 4.98 Å². The van der Waals surface area contributed by atoms with Crippen LogP contribution in [0.5, 0.6) is 0 Å². The fraction of sp³-hybridized carbons (Fsp3) is 0.250. The van der Waals surface area contributed by atoms with Crippen LogP contribution < -0.4 is 0 Å². The second-order valence-electron chi connectivity index (χ2n) is 3.86. The van der Waals surface area contributed by atoms with E-state index in [2.05, 4.69) is 18.8 Å². The summed E-state index contributed by atoms with van der Waals surface area (Å²) in [5, 5.41) is 1.20. The maximum atomic E-state index is 6.16. The molecule has 0 saturated heterocycles. The smallest absolute Gasteiger partial charge is 0.203 e. The van der Waals surface area contributed by atoms with E-state index in [4.69, 9.17) is 23.2 Å². The summed E-state index contributed by atoms with van der Waals surface area (Å²) in [6, 6.07) is 7.94. The summed E-state index contributed by atoms with van der Waals surface area (Å²) in [6.45, 7) is 4.13. The predicted octanol–water partition coefficient (Wildman–Crippen LogP) is 4.44. The van der Waals surface area contributed by atoms with Crippen molar-refractivity contribution in [2.24, 2.45) is 0 Å². The van der Waals surface area contributed by atoms with E-state index in [1.807, 2.05) is 28.8 Å². The molecule has 0 amide bonds. The van der Waals surface area contributed by atoms with E-state index in [9.17, 15) is 0 Å². The van der Waals surface area contributed by atoms with Crippen molar-refractivity contribution in [3.8, 4) is 11.3 Å². The molecule has 0 aliphatic carbocycles. The normalized spacial score (nSPS) is 11.1. The minimum Gasteiger partial charge on any atom is -0.312 e. The van der Waals surface area contributed by atoms with Gasteiger partial charge in [0, 0.05) is 16.6 Å². The first-order valence-corrected chi connectivity index (χ1v) is 5.84. The fourth-order valence-corrected chi connectivity index (χ4v) is 2.27. The van der Waals surface area contributed by atoms with Crippen molar-refractivity contribution in [3.05, 3.63) is 40.8 Å². The van der Waals surface area contributed by atoms with Crippen LogP contribution in [0.3, 0.4) is 0 Å². The molecule has 1 heterocycles. The largest absolute Gasteiger partial charge is 0.312 e. The molecule has 4 heteroatoms. The van der Waals surface area contributed by atoms with Crippen LogP contribution in [0.2, 0.25) is 10.3 Å². The van der Waals surface area contributed by atoms with Crippen molar-refractivity contribution in [3.63, 3.8) is 0 Å². The Morgan fingerprint density at radius 2 is 1.88 bits per heavy atom. The van der Waals surface area contributed by atoms with Crippen LogP contribution in [0.25, 0.3) is 11.3 Å². The van der Waals surface area contributed by atoms with Gasteiger partial charge >= 0.3 is 0 Å². The maximum Gasteiger partial charge on any atom is 0.203 e. The van der Waals surface area contributed by atoms with Gasteiger partial charge in [-0.3, -0.25) is 0 Å². The Morgan fingerprint density at radius 3 is 2.50 bits per heavy atom. The van der Waals surface area contributed by atoms with E-state index < -0.39 is 0 Å². The number of benzene rings is 1. The van der Waals surface area contributed by atoms with Crippen LogP contribution in [0.4, 0.5) is 0 Å². The predicted molar refractivity (Wildman–Crippen MR) is 68.1 cm³/mol. The van der Waals surface area contributed by atoms with Crippen LogP contribution in [0, 0.1) is 0 Å². The van der Waals surface area contributed by atoms with E-state index in [0.717, 1.165) is 11.3 Å². The molecule has 2 aromatic rings. The van der Waals surface area contributed by atoms with Gasteiger partial charge in [0.05, 0.1) is 11.9 Å². The van der Waals surface area contributed by atoms with Gasteiger partial charge in [-0.1, -0.05) is 29.8 Å². The van der Waals surface area contributed by atoms with Crippen molar-refractivity contribution < 1.29 is 0 Å². The molecule has 2 nitrogen and oxygen atoms in total. The van der Waals surface area contributed by atoms with Gasteiger partial charge in [-0.05, 0) is 31.5 Å². The van der Waals surface area contributed by atoms with Crippen molar-refractivity contribution in [2.75, 3.05) is 0 Å². The van der Waals surface area contributed by atoms with Crippen molar-refractivity contribution >= 4 is 23.2 Å². The number of hydrogen-bond acceptors (Lipinski definition) is 1. The molecule has 0 saturated carbocycles. The number of nitrogens with zero attached hydrogens (tertiary/aromatic N) is 2. The summed E-state index contributed by atoms with van der Waals surface area (Å²) in [7, 11) is 0. The summed E-state index contributed by atoms with van der Waals surface area (Å²) in [5.41, 5.74) is 1.91. The minimum atomic E-state index is 0.251. The molecule has 1 aromatic carbocycles. The number of aromatic nitrogens is 2. The van der Waals surface area contributed by atoms with Crippen LogP contribution in [-0.2, 0) is 0 Å². The Balaban J connectivity index is 2.61. The Kier molecular flexibility index (Phi) is 3.22. The first-order chi connectivity index (χ1) is 7.61. The summed E-state index contributed by atoms with van der Waals surface area (Å²) in [4.78, 5) is 4.13.